The average Bonchev–Trinajstić information content (AvgIpc) is 2.27. The van der Waals surface area contributed by atoms with Gasteiger partial charge in [0, 0.05) is 19.5 Å². The van der Waals surface area contributed by atoms with Gasteiger partial charge < -0.3 is 14.8 Å². The Kier molecular flexibility index (Phi) is 3.33. The first kappa shape index (κ1) is 13.2. The van der Waals surface area contributed by atoms with Crippen molar-refractivity contribution < 1.29 is 19.1 Å². The van der Waals surface area contributed by atoms with E-state index in [9.17, 15) is 9.59 Å². The molecular weight excluding hydrogens is 245 g/mol. The van der Waals surface area contributed by atoms with Crippen LogP contribution in [0.2, 0.25) is 0 Å². The number of carbonyl (C=O) groups is 2. The normalized spacial score (nSPS) is 17.5. The van der Waals surface area contributed by atoms with Crippen molar-refractivity contribution in [3.05, 3.63) is 41.5 Å². The minimum Gasteiger partial charge on any atom is -0.419 e. The maximum Gasteiger partial charge on any atom is 0.349 e. The zero-order valence-electron chi connectivity index (χ0n) is 11.0. The lowest BCUT2D eigenvalue weighted by molar-refractivity contribution is -0.222. The Morgan fingerprint density at radius 1 is 1.11 bits per heavy atom. The predicted molar refractivity (Wildman–Crippen MR) is 71.9 cm³/mol. The number of benzene rings is 1. The molecule has 2 rings (SSSR count). The van der Waals surface area contributed by atoms with Crippen LogP contribution in [0.25, 0.3) is 0 Å². The van der Waals surface area contributed by atoms with E-state index in [1.54, 1.807) is 7.85 Å². The number of para-hydroxylation sites is 1. The second-order valence-electron chi connectivity index (χ2n) is 4.67. The van der Waals surface area contributed by atoms with Gasteiger partial charge in [0.25, 0.3) is 5.79 Å². The molecule has 1 aliphatic rings. The summed E-state index contributed by atoms with van der Waals surface area (Å²) in [5.74, 6) is -2.57. The van der Waals surface area contributed by atoms with Crippen LogP contribution in [0.4, 0.5) is 5.69 Å². The largest absolute Gasteiger partial charge is 0.419 e. The quantitative estimate of drug-likeness (QED) is 0.368. The lowest BCUT2D eigenvalue weighted by atomic mass is 9.96. The molecule has 1 N–H and O–H groups in total. The molecule has 1 fully saturated rings. The summed E-state index contributed by atoms with van der Waals surface area (Å²) in [6, 6.07) is 9.22. The van der Waals surface area contributed by atoms with Gasteiger partial charge in [0.2, 0.25) is 0 Å². The molecule has 1 saturated heterocycles. The van der Waals surface area contributed by atoms with E-state index in [1.165, 1.54) is 13.8 Å². The van der Waals surface area contributed by atoms with E-state index in [-0.39, 0.29) is 5.57 Å². The zero-order chi connectivity index (χ0) is 14.0. The SMILES string of the molecule is BC(Nc1ccccc1)=C1C(=O)OC(C)(C)OC1=O. The molecule has 1 aromatic carbocycles. The van der Waals surface area contributed by atoms with Crippen LogP contribution in [-0.2, 0) is 19.1 Å². The highest BCUT2D eigenvalue weighted by molar-refractivity contribution is 6.31. The second kappa shape index (κ2) is 4.80. The number of cyclic esters (lactones) is 2. The van der Waals surface area contributed by atoms with Gasteiger partial charge in [0.1, 0.15) is 0 Å². The third-order valence-electron chi connectivity index (χ3n) is 2.57. The molecule has 19 heavy (non-hydrogen) atoms. The van der Waals surface area contributed by atoms with Crippen LogP contribution in [0.3, 0.4) is 0 Å². The first-order chi connectivity index (χ1) is 8.89. The number of esters is 2. The molecule has 0 unspecified atom stereocenters. The molecule has 0 aliphatic carbocycles. The van der Waals surface area contributed by atoms with Crippen molar-refractivity contribution >= 4 is 25.5 Å². The van der Waals surface area contributed by atoms with Crippen molar-refractivity contribution in [3.8, 4) is 0 Å². The van der Waals surface area contributed by atoms with Gasteiger partial charge >= 0.3 is 11.9 Å². The number of hydrogen-bond acceptors (Lipinski definition) is 5. The van der Waals surface area contributed by atoms with Crippen molar-refractivity contribution in [1.29, 1.82) is 0 Å². The molecule has 5 nitrogen and oxygen atoms in total. The van der Waals surface area contributed by atoms with Crippen molar-refractivity contribution in [2.24, 2.45) is 0 Å². The van der Waals surface area contributed by atoms with Gasteiger partial charge in [-0.25, -0.2) is 9.59 Å². The molecule has 0 amide bonds. The maximum atomic E-state index is 11.8. The summed E-state index contributed by atoms with van der Waals surface area (Å²) in [6.07, 6.45) is 0. The number of carbonyl (C=O) groups excluding carboxylic acids is 2. The molecule has 1 heterocycles. The monoisotopic (exact) mass is 259 g/mol. The number of rotatable bonds is 2. The van der Waals surface area contributed by atoms with Gasteiger partial charge in [-0.05, 0) is 17.7 Å². The molecule has 0 aromatic heterocycles. The Morgan fingerprint density at radius 2 is 1.63 bits per heavy atom. The highest BCUT2D eigenvalue weighted by Crippen LogP contribution is 2.24. The Labute approximate surface area is 112 Å². The molecule has 0 bridgehead atoms. The van der Waals surface area contributed by atoms with E-state index in [4.69, 9.17) is 9.47 Å². The van der Waals surface area contributed by atoms with Crippen LogP contribution < -0.4 is 5.32 Å². The van der Waals surface area contributed by atoms with Crippen LogP contribution in [0.1, 0.15) is 13.8 Å². The number of nitrogens with one attached hydrogen (secondary N) is 1. The van der Waals surface area contributed by atoms with E-state index >= 15 is 0 Å². The first-order valence-corrected chi connectivity index (χ1v) is 5.89. The highest BCUT2D eigenvalue weighted by Gasteiger charge is 2.39. The third kappa shape index (κ3) is 2.96. The van der Waals surface area contributed by atoms with E-state index in [0.717, 1.165) is 5.69 Å². The van der Waals surface area contributed by atoms with Gasteiger partial charge in [0.05, 0.1) is 0 Å². The van der Waals surface area contributed by atoms with Gasteiger partial charge in [-0.1, -0.05) is 18.2 Å². The molecule has 0 radical (unpaired) electrons. The fraction of sp³-hybridized carbons (Fsp3) is 0.231. The summed E-state index contributed by atoms with van der Waals surface area (Å²) in [6.45, 7) is 3.03. The lowest BCUT2D eigenvalue weighted by Crippen LogP contribution is -2.42. The fourth-order valence-electron chi connectivity index (χ4n) is 1.76. The zero-order valence-corrected chi connectivity index (χ0v) is 11.0. The van der Waals surface area contributed by atoms with E-state index in [2.05, 4.69) is 5.32 Å². The number of hydrogen-bond donors (Lipinski definition) is 1. The first-order valence-electron chi connectivity index (χ1n) is 5.89. The molecular formula is C13H14BNO4. The van der Waals surface area contributed by atoms with Gasteiger partial charge in [-0.3, -0.25) is 0 Å². The molecule has 0 spiro atoms. The third-order valence-corrected chi connectivity index (χ3v) is 2.57. The Hall–Kier alpha value is -2.24. The molecule has 1 aliphatic heterocycles. The number of ether oxygens (including phenoxy) is 2. The molecule has 98 valence electrons. The second-order valence-corrected chi connectivity index (χ2v) is 4.67. The highest BCUT2D eigenvalue weighted by atomic mass is 16.7. The number of anilines is 1. The van der Waals surface area contributed by atoms with Gasteiger partial charge in [-0.2, -0.15) is 0 Å². The van der Waals surface area contributed by atoms with Crippen LogP contribution in [0.15, 0.2) is 41.5 Å². The molecule has 1 aromatic rings. The predicted octanol–water partition coefficient (Wildman–Crippen LogP) is 0.779. The Morgan fingerprint density at radius 3 is 2.16 bits per heavy atom. The molecule has 6 heteroatoms. The van der Waals surface area contributed by atoms with Gasteiger partial charge in [-0.15, -0.1) is 0 Å². The Balaban J connectivity index is 2.26. The summed E-state index contributed by atoms with van der Waals surface area (Å²) in [4.78, 5) is 23.7. The molecule has 0 saturated carbocycles. The Bertz CT molecular complexity index is 529. The summed E-state index contributed by atoms with van der Waals surface area (Å²) in [5.41, 5.74) is 1.07. The lowest BCUT2D eigenvalue weighted by Gasteiger charge is -2.30. The van der Waals surface area contributed by atoms with Crippen molar-refractivity contribution in [2.75, 3.05) is 5.32 Å². The molecule has 0 atom stereocenters. The summed E-state index contributed by atoms with van der Waals surface area (Å²) in [5, 5.41) is 2.98. The van der Waals surface area contributed by atoms with Crippen LogP contribution in [-0.4, -0.2) is 25.6 Å². The topological polar surface area (TPSA) is 64.6 Å². The average molecular weight is 259 g/mol. The van der Waals surface area contributed by atoms with Crippen molar-refractivity contribution in [2.45, 2.75) is 19.6 Å². The smallest absolute Gasteiger partial charge is 0.349 e. The van der Waals surface area contributed by atoms with Crippen molar-refractivity contribution in [1.82, 2.24) is 0 Å². The van der Waals surface area contributed by atoms with Crippen LogP contribution in [0.5, 0.6) is 0 Å². The van der Waals surface area contributed by atoms with E-state index < -0.39 is 17.7 Å². The minimum absolute atomic E-state index is 0.108. The van der Waals surface area contributed by atoms with Crippen molar-refractivity contribution in [3.63, 3.8) is 0 Å². The van der Waals surface area contributed by atoms with E-state index in [1.807, 2.05) is 30.3 Å². The standard InChI is InChI=1S/C13H14BNO4/c1-13(2)18-11(16)9(12(17)19-13)10(14)15-8-6-4-3-5-7-8/h3-7,15H,14H2,1-2H3. The minimum atomic E-state index is -1.22. The fourth-order valence-corrected chi connectivity index (χ4v) is 1.76. The van der Waals surface area contributed by atoms with Crippen LogP contribution >= 0.6 is 0 Å². The maximum absolute atomic E-state index is 11.8. The summed E-state index contributed by atoms with van der Waals surface area (Å²) >= 11 is 0. The van der Waals surface area contributed by atoms with Gasteiger partial charge in [0.15, 0.2) is 13.4 Å². The summed E-state index contributed by atoms with van der Waals surface area (Å²) in [7, 11) is 1.63. The van der Waals surface area contributed by atoms with E-state index in [0.29, 0.717) is 5.60 Å². The van der Waals surface area contributed by atoms with Crippen LogP contribution in [0, 0.1) is 0 Å². The summed E-state index contributed by atoms with van der Waals surface area (Å²) < 4.78 is 10.1.